The number of carbonyl (C=O) groups is 1. The predicted molar refractivity (Wildman–Crippen MR) is 85.2 cm³/mol. The number of likely N-dealkylation sites (N-methyl/N-ethyl adjacent to an activating group) is 1. The van der Waals surface area contributed by atoms with Crippen LogP contribution in [-0.2, 0) is 9.53 Å². The van der Waals surface area contributed by atoms with Crippen molar-refractivity contribution >= 4 is 5.97 Å². The lowest BCUT2D eigenvalue weighted by molar-refractivity contribution is -0.151. The molecule has 0 aromatic heterocycles. The molecule has 4 heteroatoms. The summed E-state index contributed by atoms with van der Waals surface area (Å²) in [6.07, 6.45) is 6.68. The van der Waals surface area contributed by atoms with Gasteiger partial charge in [-0.3, -0.25) is 9.69 Å². The number of nitrogens with one attached hydrogen (secondary N) is 1. The molecule has 1 aliphatic carbocycles. The number of hydrogen-bond donors (Lipinski definition) is 1. The number of esters is 1. The molecule has 4 unspecified atom stereocenters. The van der Waals surface area contributed by atoms with Gasteiger partial charge in [0, 0.05) is 12.1 Å². The van der Waals surface area contributed by atoms with Crippen LogP contribution in [0.1, 0.15) is 59.3 Å². The van der Waals surface area contributed by atoms with Gasteiger partial charge in [-0.1, -0.05) is 13.8 Å². The molecule has 0 radical (unpaired) electrons. The number of piperidine rings is 1. The van der Waals surface area contributed by atoms with Crippen molar-refractivity contribution in [2.24, 2.45) is 5.92 Å². The van der Waals surface area contributed by atoms with E-state index in [1.165, 1.54) is 32.9 Å². The zero-order valence-electron chi connectivity index (χ0n) is 14.2. The molecule has 21 heavy (non-hydrogen) atoms. The SMILES string of the molecule is CCNC1(C(=O)OC)CCCC(N2CCC(C)CC2C)C1. The second-order valence-corrected chi connectivity index (χ2v) is 7.07. The van der Waals surface area contributed by atoms with Crippen molar-refractivity contribution in [3.05, 3.63) is 0 Å². The van der Waals surface area contributed by atoms with Crippen LogP contribution >= 0.6 is 0 Å². The van der Waals surface area contributed by atoms with E-state index in [0.717, 1.165) is 31.7 Å². The van der Waals surface area contributed by atoms with E-state index < -0.39 is 5.54 Å². The van der Waals surface area contributed by atoms with E-state index in [2.05, 4.69) is 31.0 Å². The first-order valence-corrected chi connectivity index (χ1v) is 8.61. The first kappa shape index (κ1) is 16.8. The number of rotatable bonds is 4. The zero-order valence-corrected chi connectivity index (χ0v) is 14.2. The molecule has 4 atom stereocenters. The van der Waals surface area contributed by atoms with Crippen LogP contribution in [-0.4, -0.2) is 48.7 Å². The lowest BCUT2D eigenvalue weighted by Gasteiger charge is -2.47. The molecule has 2 rings (SSSR count). The summed E-state index contributed by atoms with van der Waals surface area (Å²) < 4.78 is 5.11. The van der Waals surface area contributed by atoms with Crippen LogP contribution in [0, 0.1) is 5.92 Å². The second-order valence-electron chi connectivity index (χ2n) is 7.07. The summed E-state index contributed by atoms with van der Waals surface area (Å²) in [5, 5.41) is 3.44. The third kappa shape index (κ3) is 3.59. The van der Waals surface area contributed by atoms with Gasteiger partial charge in [0.05, 0.1) is 7.11 Å². The lowest BCUT2D eigenvalue weighted by atomic mass is 9.77. The molecule has 0 spiro atoms. The number of ether oxygens (including phenoxy) is 1. The summed E-state index contributed by atoms with van der Waals surface area (Å²) in [6.45, 7) is 8.76. The smallest absolute Gasteiger partial charge is 0.326 e. The van der Waals surface area contributed by atoms with Gasteiger partial charge in [-0.15, -0.1) is 0 Å². The van der Waals surface area contributed by atoms with Crippen LogP contribution in [0.25, 0.3) is 0 Å². The standard InChI is InChI=1S/C17H32N2O2/c1-5-18-17(16(20)21-4)9-6-7-15(12-17)19-10-8-13(2)11-14(19)3/h13-15,18H,5-12H2,1-4H3. The predicted octanol–water partition coefficient (Wildman–Crippen LogP) is 2.57. The maximum absolute atomic E-state index is 12.3. The Bertz CT molecular complexity index is 357. The highest BCUT2D eigenvalue weighted by molar-refractivity contribution is 5.81. The minimum atomic E-state index is -0.463. The zero-order chi connectivity index (χ0) is 15.5. The van der Waals surface area contributed by atoms with Gasteiger partial charge in [-0.25, -0.2) is 0 Å². The monoisotopic (exact) mass is 296 g/mol. The Morgan fingerprint density at radius 3 is 2.76 bits per heavy atom. The fourth-order valence-corrected chi connectivity index (χ4v) is 4.45. The van der Waals surface area contributed by atoms with E-state index in [1.54, 1.807) is 0 Å². The van der Waals surface area contributed by atoms with Gasteiger partial charge in [-0.05, 0) is 64.5 Å². The Morgan fingerprint density at radius 2 is 2.14 bits per heavy atom. The first-order valence-electron chi connectivity index (χ1n) is 8.61. The minimum absolute atomic E-state index is 0.0768. The summed E-state index contributed by atoms with van der Waals surface area (Å²) >= 11 is 0. The molecule has 4 nitrogen and oxygen atoms in total. The Balaban J connectivity index is 2.09. The highest BCUT2D eigenvalue weighted by Crippen LogP contribution is 2.35. The third-order valence-corrected chi connectivity index (χ3v) is 5.48. The number of nitrogens with zero attached hydrogens (tertiary/aromatic N) is 1. The van der Waals surface area contributed by atoms with Gasteiger partial charge in [0.2, 0.25) is 0 Å². The van der Waals surface area contributed by atoms with Gasteiger partial charge < -0.3 is 10.1 Å². The molecular formula is C17H32N2O2. The van der Waals surface area contributed by atoms with Crippen molar-refractivity contribution in [3.8, 4) is 0 Å². The van der Waals surface area contributed by atoms with E-state index in [9.17, 15) is 4.79 Å². The number of methoxy groups -OCH3 is 1. The number of likely N-dealkylation sites (tertiary alicyclic amines) is 1. The average molecular weight is 296 g/mol. The molecule has 0 amide bonds. The molecule has 1 saturated carbocycles. The fourth-order valence-electron chi connectivity index (χ4n) is 4.45. The summed E-state index contributed by atoms with van der Waals surface area (Å²) in [5.41, 5.74) is -0.463. The van der Waals surface area contributed by atoms with Crippen molar-refractivity contribution < 1.29 is 9.53 Å². The molecule has 1 heterocycles. The van der Waals surface area contributed by atoms with E-state index >= 15 is 0 Å². The molecule has 1 aliphatic heterocycles. The topological polar surface area (TPSA) is 41.6 Å². The van der Waals surface area contributed by atoms with Gasteiger partial charge >= 0.3 is 5.97 Å². The van der Waals surface area contributed by atoms with Crippen LogP contribution in [0.5, 0.6) is 0 Å². The van der Waals surface area contributed by atoms with Crippen LogP contribution < -0.4 is 5.32 Å². The molecule has 122 valence electrons. The molecule has 1 N–H and O–H groups in total. The summed E-state index contributed by atoms with van der Waals surface area (Å²) in [5.74, 6) is 0.756. The van der Waals surface area contributed by atoms with Crippen molar-refractivity contribution in [1.82, 2.24) is 10.2 Å². The largest absolute Gasteiger partial charge is 0.468 e. The van der Waals surface area contributed by atoms with Gasteiger partial charge in [0.15, 0.2) is 0 Å². The molecular weight excluding hydrogens is 264 g/mol. The number of hydrogen-bond acceptors (Lipinski definition) is 4. The highest BCUT2D eigenvalue weighted by Gasteiger charge is 2.45. The number of carbonyl (C=O) groups excluding carboxylic acids is 1. The van der Waals surface area contributed by atoms with Crippen molar-refractivity contribution in [2.75, 3.05) is 20.2 Å². The summed E-state index contributed by atoms with van der Waals surface area (Å²) in [6, 6.07) is 1.15. The molecule has 1 saturated heterocycles. The second kappa shape index (κ2) is 7.10. The van der Waals surface area contributed by atoms with Crippen LogP contribution in [0.4, 0.5) is 0 Å². The highest BCUT2D eigenvalue weighted by atomic mass is 16.5. The lowest BCUT2D eigenvalue weighted by Crippen LogP contribution is -2.60. The normalized spacial score (nSPS) is 38.2. The molecule has 2 aliphatic rings. The minimum Gasteiger partial charge on any atom is -0.468 e. The maximum Gasteiger partial charge on any atom is 0.326 e. The molecule has 0 aromatic carbocycles. The van der Waals surface area contributed by atoms with Gasteiger partial charge in [0.1, 0.15) is 5.54 Å². The van der Waals surface area contributed by atoms with Crippen molar-refractivity contribution in [1.29, 1.82) is 0 Å². The average Bonchev–Trinajstić information content (AvgIpc) is 2.47. The fraction of sp³-hybridized carbons (Fsp3) is 0.941. The maximum atomic E-state index is 12.3. The Hall–Kier alpha value is -0.610. The van der Waals surface area contributed by atoms with Crippen LogP contribution in [0.3, 0.4) is 0 Å². The Labute approximate surface area is 129 Å². The first-order chi connectivity index (χ1) is 10.0. The van der Waals surface area contributed by atoms with E-state index in [1.807, 2.05) is 0 Å². The Kier molecular flexibility index (Phi) is 5.67. The third-order valence-electron chi connectivity index (χ3n) is 5.48. The quantitative estimate of drug-likeness (QED) is 0.810. The summed E-state index contributed by atoms with van der Waals surface area (Å²) in [4.78, 5) is 15.0. The van der Waals surface area contributed by atoms with E-state index in [0.29, 0.717) is 12.1 Å². The Morgan fingerprint density at radius 1 is 1.38 bits per heavy atom. The summed E-state index contributed by atoms with van der Waals surface area (Å²) in [7, 11) is 1.51. The van der Waals surface area contributed by atoms with Crippen molar-refractivity contribution in [2.45, 2.75) is 76.9 Å². The van der Waals surface area contributed by atoms with Crippen LogP contribution in [0.2, 0.25) is 0 Å². The molecule has 2 fully saturated rings. The van der Waals surface area contributed by atoms with Crippen LogP contribution in [0.15, 0.2) is 0 Å². The van der Waals surface area contributed by atoms with E-state index in [-0.39, 0.29) is 5.97 Å². The van der Waals surface area contributed by atoms with Gasteiger partial charge in [-0.2, -0.15) is 0 Å². The van der Waals surface area contributed by atoms with Gasteiger partial charge in [0.25, 0.3) is 0 Å². The molecule has 0 aromatic rings. The van der Waals surface area contributed by atoms with E-state index in [4.69, 9.17) is 4.74 Å². The van der Waals surface area contributed by atoms with Crippen molar-refractivity contribution in [3.63, 3.8) is 0 Å². The molecule has 0 bridgehead atoms.